The summed E-state index contributed by atoms with van der Waals surface area (Å²) in [7, 11) is 0. The van der Waals surface area contributed by atoms with Crippen molar-refractivity contribution >= 4 is 6.21 Å². The number of aliphatic imine (C=N–C) groups is 1. The van der Waals surface area contributed by atoms with Crippen LogP contribution in [0.2, 0.25) is 0 Å². The Balaban J connectivity index is 0.000000408. The van der Waals surface area contributed by atoms with E-state index in [1.54, 1.807) is 0 Å². The molecule has 140 valence electrons. The molecule has 0 bridgehead atoms. The van der Waals surface area contributed by atoms with Crippen LogP contribution in [-0.2, 0) is 17.1 Å². The fourth-order valence-corrected chi connectivity index (χ4v) is 2.79. The van der Waals surface area contributed by atoms with Crippen LogP contribution in [0.3, 0.4) is 0 Å². The van der Waals surface area contributed by atoms with Crippen molar-refractivity contribution in [3.63, 3.8) is 0 Å². The minimum absolute atomic E-state index is 0. The Morgan fingerprint density at radius 2 is 1.11 bits per heavy atom. The molecule has 2 nitrogen and oxygen atoms in total. The van der Waals surface area contributed by atoms with Crippen molar-refractivity contribution in [2.45, 2.75) is 12.1 Å². The maximum atomic E-state index is 10.7. The van der Waals surface area contributed by atoms with Crippen molar-refractivity contribution in [3.8, 4) is 0 Å². The quantitative estimate of drug-likeness (QED) is 0.550. The van der Waals surface area contributed by atoms with Gasteiger partial charge in [-0.1, -0.05) is 60.7 Å². The first-order valence-electron chi connectivity index (χ1n) is 9.04. The number of hydrogen-bond acceptors (Lipinski definition) is 2. The van der Waals surface area contributed by atoms with Crippen LogP contribution in [0.25, 0.3) is 0 Å². The molecular weight excluding hydrogens is 386 g/mol. The SMILES string of the molecule is O[C@@H](c1ccccc1)[C@H](N=C[C]1[CH][CH][CH][CH]1)c1ccccc1.[CH]1[CH][CH][CH][CH]1.[Fe+2]. The second-order valence-electron chi connectivity index (χ2n) is 6.17. The number of nitrogens with zero attached hydrogens (tertiary/aromatic N) is 1. The topological polar surface area (TPSA) is 32.6 Å². The molecule has 0 aliphatic heterocycles. The molecule has 0 amide bonds. The molecule has 2 fully saturated rings. The van der Waals surface area contributed by atoms with E-state index < -0.39 is 6.10 Å². The molecule has 2 atom stereocenters. The van der Waals surface area contributed by atoms with Gasteiger partial charge in [-0.2, -0.15) is 0 Å². The van der Waals surface area contributed by atoms with Crippen molar-refractivity contribution in [3.05, 3.63) is 135 Å². The summed E-state index contributed by atoms with van der Waals surface area (Å²) in [5.41, 5.74) is 1.87. The summed E-state index contributed by atoms with van der Waals surface area (Å²) in [4.78, 5) is 4.64. The Kier molecular flexibility index (Phi) is 10.6. The minimum atomic E-state index is -0.671. The molecule has 4 rings (SSSR count). The van der Waals surface area contributed by atoms with E-state index in [0.717, 1.165) is 17.0 Å². The van der Waals surface area contributed by atoms with E-state index >= 15 is 0 Å². The van der Waals surface area contributed by atoms with Crippen LogP contribution in [0, 0.1) is 63.7 Å². The number of hydrogen-bond donors (Lipinski definition) is 1. The molecule has 0 unspecified atom stereocenters. The summed E-state index contributed by atoms with van der Waals surface area (Å²) >= 11 is 0. The molecular formula is C25H23FeNO+2. The largest absolute Gasteiger partial charge is 2.00 e. The molecule has 0 spiro atoms. The second kappa shape index (κ2) is 12.9. The van der Waals surface area contributed by atoms with Crippen LogP contribution in [0.5, 0.6) is 0 Å². The summed E-state index contributed by atoms with van der Waals surface area (Å²) in [6.07, 6.45) is 19.1. The van der Waals surface area contributed by atoms with Crippen molar-refractivity contribution < 1.29 is 22.2 Å². The number of aliphatic hydroxyl groups excluding tert-OH is 1. The third-order valence-corrected chi connectivity index (χ3v) is 4.21. The van der Waals surface area contributed by atoms with Crippen molar-refractivity contribution in [2.75, 3.05) is 0 Å². The van der Waals surface area contributed by atoms with Crippen molar-refractivity contribution in [2.24, 2.45) is 4.99 Å². The zero-order valence-corrected chi connectivity index (χ0v) is 16.6. The first-order chi connectivity index (χ1) is 13.3. The zero-order valence-electron chi connectivity index (χ0n) is 15.4. The predicted octanol–water partition coefficient (Wildman–Crippen LogP) is 4.96. The van der Waals surface area contributed by atoms with E-state index in [0.29, 0.717) is 0 Å². The van der Waals surface area contributed by atoms with Gasteiger partial charge < -0.3 is 5.11 Å². The smallest absolute Gasteiger partial charge is 0.386 e. The maximum absolute atomic E-state index is 10.7. The van der Waals surface area contributed by atoms with Gasteiger partial charge in [-0.25, -0.2) is 0 Å². The van der Waals surface area contributed by atoms with Gasteiger partial charge in [-0.3, -0.25) is 4.99 Å². The standard InChI is InChI=1S/C20H18NO.C5H5.Fe/c22-20(18-13-5-2-6-14-18)19(17-11-3-1-4-12-17)21-15-16-9-7-8-10-16;1-2-4-5-3-1;/h1-15,19-20,22H;1-5H;/q;;+2/t19-,20+;;/m1../s1. The number of benzene rings is 2. The van der Waals surface area contributed by atoms with Crippen LogP contribution < -0.4 is 0 Å². The summed E-state index contributed by atoms with van der Waals surface area (Å²) in [5, 5.41) is 10.7. The summed E-state index contributed by atoms with van der Waals surface area (Å²) in [5.74, 6) is 1.04. The number of aliphatic hydroxyl groups is 1. The van der Waals surface area contributed by atoms with Gasteiger partial charge in [-0.05, 0) is 68.9 Å². The predicted molar refractivity (Wildman–Crippen MR) is 111 cm³/mol. The molecule has 0 heterocycles. The van der Waals surface area contributed by atoms with Crippen LogP contribution in [0.1, 0.15) is 23.3 Å². The molecule has 28 heavy (non-hydrogen) atoms. The van der Waals surface area contributed by atoms with E-state index in [4.69, 9.17) is 0 Å². The molecule has 0 saturated heterocycles. The summed E-state index contributed by atoms with van der Waals surface area (Å²) in [6, 6.07) is 19.3. The molecule has 2 aromatic carbocycles. The van der Waals surface area contributed by atoms with E-state index in [1.807, 2.05) is 125 Å². The van der Waals surface area contributed by atoms with E-state index in [1.165, 1.54) is 0 Å². The Morgan fingerprint density at radius 3 is 1.61 bits per heavy atom. The van der Waals surface area contributed by atoms with Crippen LogP contribution in [0.15, 0.2) is 65.7 Å². The molecule has 10 radical (unpaired) electrons. The minimum Gasteiger partial charge on any atom is -0.386 e. The van der Waals surface area contributed by atoms with Crippen LogP contribution >= 0.6 is 0 Å². The molecule has 0 aromatic heterocycles. The van der Waals surface area contributed by atoms with Gasteiger partial charge in [-0.15, -0.1) is 0 Å². The molecule has 2 aromatic rings. The zero-order chi connectivity index (χ0) is 18.7. The Labute approximate surface area is 181 Å². The fourth-order valence-electron chi connectivity index (χ4n) is 2.79. The first kappa shape index (κ1) is 22.9. The summed E-state index contributed by atoms with van der Waals surface area (Å²) in [6.45, 7) is 0. The fraction of sp³-hybridized carbons (Fsp3) is 0.0800. The first-order valence-corrected chi connectivity index (χ1v) is 9.04. The average molecular weight is 409 g/mol. The van der Waals surface area contributed by atoms with Gasteiger partial charge in [0.05, 0.1) is 0 Å². The van der Waals surface area contributed by atoms with E-state index in [2.05, 4.69) is 4.99 Å². The van der Waals surface area contributed by atoms with Gasteiger partial charge in [0.1, 0.15) is 12.1 Å². The van der Waals surface area contributed by atoms with Gasteiger partial charge in [0.25, 0.3) is 0 Å². The van der Waals surface area contributed by atoms with Crippen molar-refractivity contribution in [1.29, 1.82) is 0 Å². The van der Waals surface area contributed by atoms with Gasteiger partial charge in [0.2, 0.25) is 0 Å². The maximum Gasteiger partial charge on any atom is 2.00 e. The average Bonchev–Trinajstić information content (AvgIpc) is 3.46. The van der Waals surface area contributed by atoms with Gasteiger partial charge >= 0.3 is 17.1 Å². The Hall–Kier alpha value is -1.41. The Bertz CT molecular complexity index is 656. The second-order valence-corrected chi connectivity index (χ2v) is 6.17. The number of rotatable bonds is 5. The molecule has 2 saturated carbocycles. The molecule has 3 heteroatoms. The molecule has 2 aliphatic carbocycles. The monoisotopic (exact) mass is 409 g/mol. The van der Waals surface area contributed by atoms with Crippen LogP contribution in [0.4, 0.5) is 0 Å². The van der Waals surface area contributed by atoms with Gasteiger partial charge in [0.15, 0.2) is 0 Å². The van der Waals surface area contributed by atoms with Gasteiger partial charge in [0, 0.05) is 12.1 Å². The summed E-state index contributed by atoms with van der Waals surface area (Å²) < 4.78 is 0. The van der Waals surface area contributed by atoms with E-state index in [9.17, 15) is 5.11 Å². The van der Waals surface area contributed by atoms with E-state index in [-0.39, 0.29) is 23.1 Å². The molecule has 1 N–H and O–H groups in total. The third kappa shape index (κ3) is 7.20. The Morgan fingerprint density at radius 1 is 0.643 bits per heavy atom. The molecule has 2 aliphatic rings. The van der Waals surface area contributed by atoms with Crippen molar-refractivity contribution in [1.82, 2.24) is 0 Å². The third-order valence-electron chi connectivity index (χ3n) is 4.21. The normalized spacial score (nSPS) is 18.9. The van der Waals surface area contributed by atoms with Crippen LogP contribution in [-0.4, -0.2) is 11.3 Å².